The average Bonchev–Trinajstić information content (AvgIpc) is 2.90. The van der Waals surface area contributed by atoms with Gasteiger partial charge < -0.3 is 14.7 Å². The fourth-order valence-corrected chi connectivity index (χ4v) is 2.57. The van der Waals surface area contributed by atoms with E-state index in [4.69, 9.17) is 9.84 Å². The van der Waals surface area contributed by atoms with E-state index >= 15 is 0 Å². The number of halogens is 2. The molecule has 0 unspecified atom stereocenters. The number of likely N-dealkylation sites (tertiary alicyclic amines) is 1. The molecule has 1 fully saturated rings. The summed E-state index contributed by atoms with van der Waals surface area (Å²) in [4.78, 5) is 24.6. The molecule has 1 aliphatic heterocycles. The van der Waals surface area contributed by atoms with Crippen molar-refractivity contribution < 1.29 is 28.2 Å². The van der Waals surface area contributed by atoms with Crippen molar-refractivity contribution in [2.75, 3.05) is 13.1 Å². The van der Waals surface area contributed by atoms with Crippen LogP contribution >= 0.6 is 0 Å². The van der Waals surface area contributed by atoms with Gasteiger partial charge in [0.2, 0.25) is 0 Å². The maximum Gasteiger partial charge on any atom is 0.410 e. The SMILES string of the molecule is CC(C)(C)OC(=O)N1CCC[C@H](n2nnc(C(=O)O)c2C(F)F)C1. The van der Waals surface area contributed by atoms with Crippen LogP contribution in [0.25, 0.3) is 0 Å². The van der Waals surface area contributed by atoms with Gasteiger partial charge in [0, 0.05) is 13.1 Å². The normalized spacial score (nSPS) is 18.8. The Morgan fingerprint density at radius 2 is 2.04 bits per heavy atom. The second-order valence-electron chi connectivity index (χ2n) is 6.60. The zero-order valence-corrected chi connectivity index (χ0v) is 13.7. The smallest absolute Gasteiger partial charge is 0.410 e. The molecule has 10 heteroatoms. The van der Waals surface area contributed by atoms with Crippen molar-refractivity contribution in [3.05, 3.63) is 11.4 Å². The van der Waals surface area contributed by atoms with Gasteiger partial charge in [-0.05, 0) is 33.6 Å². The molecule has 1 aromatic heterocycles. The van der Waals surface area contributed by atoms with Crippen molar-refractivity contribution in [3.8, 4) is 0 Å². The molecule has 2 heterocycles. The summed E-state index contributed by atoms with van der Waals surface area (Å²) >= 11 is 0. The molecule has 0 radical (unpaired) electrons. The highest BCUT2D eigenvalue weighted by Gasteiger charge is 2.34. The van der Waals surface area contributed by atoms with Crippen LogP contribution in [0.2, 0.25) is 0 Å². The Hall–Kier alpha value is -2.26. The second kappa shape index (κ2) is 6.70. The number of carbonyl (C=O) groups excluding carboxylic acids is 1. The summed E-state index contributed by atoms with van der Waals surface area (Å²) in [5, 5.41) is 15.9. The number of carbonyl (C=O) groups is 2. The first-order chi connectivity index (χ1) is 11.1. The second-order valence-corrected chi connectivity index (χ2v) is 6.60. The lowest BCUT2D eigenvalue weighted by atomic mass is 10.1. The highest BCUT2D eigenvalue weighted by atomic mass is 19.3. The number of nitrogens with zero attached hydrogens (tertiary/aromatic N) is 4. The fourth-order valence-electron chi connectivity index (χ4n) is 2.57. The zero-order valence-electron chi connectivity index (χ0n) is 13.7. The van der Waals surface area contributed by atoms with Crippen LogP contribution in [0.3, 0.4) is 0 Å². The Bertz CT molecular complexity index is 627. The summed E-state index contributed by atoms with van der Waals surface area (Å²) < 4.78 is 32.7. The van der Waals surface area contributed by atoms with Crippen molar-refractivity contribution in [3.63, 3.8) is 0 Å². The summed E-state index contributed by atoms with van der Waals surface area (Å²) in [5.74, 6) is -1.56. The highest BCUT2D eigenvalue weighted by molar-refractivity contribution is 5.86. The Morgan fingerprint density at radius 1 is 1.38 bits per heavy atom. The Morgan fingerprint density at radius 3 is 2.58 bits per heavy atom. The van der Waals surface area contributed by atoms with Crippen LogP contribution in [0, 0.1) is 0 Å². The van der Waals surface area contributed by atoms with E-state index in [9.17, 15) is 18.4 Å². The van der Waals surface area contributed by atoms with E-state index in [1.807, 2.05) is 0 Å². The lowest BCUT2D eigenvalue weighted by Crippen LogP contribution is -2.43. The number of ether oxygens (including phenoxy) is 1. The Labute approximate surface area is 137 Å². The Balaban J connectivity index is 2.21. The van der Waals surface area contributed by atoms with Gasteiger partial charge in [0.1, 0.15) is 11.3 Å². The Kier molecular flexibility index (Phi) is 5.05. The van der Waals surface area contributed by atoms with E-state index in [0.717, 1.165) is 4.68 Å². The number of carboxylic acid groups (broad SMARTS) is 1. The molecule has 0 aliphatic carbocycles. The number of aromatic nitrogens is 3. The van der Waals surface area contributed by atoms with E-state index in [0.29, 0.717) is 19.4 Å². The molecule has 24 heavy (non-hydrogen) atoms. The van der Waals surface area contributed by atoms with E-state index < -0.39 is 41.5 Å². The molecule has 134 valence electrons. The first kappa shape index (κ1) is 18.1. The van der Waals surface area contributed by atoms with Gasteiger partial charge in [-0.15, -0.1) is 5.10 Å². The van der Waals surface area contributed by atoms with Gasteiger partial charge in [0.05, 0.1) is 6.04 Å². The molecular formula is C14H20F2N4O4. The summed E-state index contributed by atoms with van der Waals surface area (Å²) in [6.45, 7) is 5.75. The molecule has 0 bridgehead atoms. The lowest BCUT2D eigenvalue weighted by Gasteiger charge is -2.34. The minimum atomic E-state index is -3.02. The van der Waals surface area contributed by atoms with Gasteiger partial charge in [-0.2, -0.15) is 0 Å². The topological polar surface area (TPSA) is 97.5 Å². The van der Waals surface area contributed by atoms with Crippen LogP contribution in [0.15, 0.2) is 0 Å². The molecule has 8 nitrogen and oxygen atoms in total. The predicted octanol–water partition coefficient (Wildman–Crippen LogP) is 2.49. The van der Waals surface area contributed by atoms with Crippen molar-refractivity contribution in [2.45, 2.75) is 51.7 Å². The molecule has 1 saturated heterocycles. The number of rotatable bonds is 3. The number of aromatic carboxylic acids is 1. The van der Waals surface area contributed by atoms with Crippen molar-refractivity contribution in [1.29, 1.82) is 0 Å². The molecule has 1 aliphatic rings. The minimum absolute atomic E-state index is 0.108. The summed E-state index contributed by atoms with van der Waals surface area (Å²) in [7, 11) is 0. The van der Waals surface area contributed by atoms with Gasteiger partial charge in [0.15, 0.2) is 5.69 Å². The molecule has 2 rings (SSSR count). The predicted molar refractivity (Wildman–Crippen MR) is 78.0 cm³/mol. The quantitative estimate of drug-likeness (QED) is 0.903. The maximum absolute atomic E-state index is 13.2. The van der Waals surface area contributed by atoms with E-state index in [2.05, 4.69) is 10.3 Å². The molecule has 0 aromatic carbocycles. The molecular weight excluding hydrogens is 326 g/mol. The van der Waals surface area contributed by atoms with Crippen molar-refractivity contribution >= 4 is 12.1 Å². The third-order valence-corrected chi connectivity index (χ3v) is 3.53. The number of piperidine rings is 1. The van der Waals surface area contributed by atoms with E-state index in [1.165, 1.54) is 4.90 Å². The third kappa shape index (κ3) is 3.98. The summed E-state index contributed by atoms with van der Waals surface area (Å²) in [5.41, 5.74) is -2.17. The summed E-state index contributed by atoms with van der Waals surface area (Å²) in [6, 6.07) is -0.573. The van der Waals surface area contributed by atoms with Crippen molar-refractivity contribution in [1.82, 2.24) is 19.9 Å². The fraction of sp³-hybridized carbons (Fsp3) is 0.714. The number of carboxylic acids is 1. The first-order valence-corrected chi connectivity index (χ1v) is 7.54. The standard InChI is InChI=1S/C14H20F2N4O4/c1-14(2,3)24-13(23)19-6-4-5-8(7-19)20-10(11(15)16)9(12(21)22)17-18-20/h8,11H,4-7H2,1-3H3,(H,21,22)/t8-/m0/s1. The molecule has 1 atom stereocenters. The van der Waals surface area contributed by atoms with E-state index in [1.54, 1.807) is 20.8 Å². The zero-order chi connectivity index (χ0) is 18.1. The molecule has 0 spiro atoms. The van der Waals surface area contributed by atoms with Crippen molar-refractivity contribution in [2.24, 2.45) is 0 Å². The number of hydrogen-bond acceptors (Lipinski definition) is 5. The number of amides is 1. The monoisotopic (exact) mass is 346 g/mol. The van der Waals surface area contributed by atoms with Gasteiger partial charge in [0.25, 0.3) is 6.43 Å². The van der Waals surface area contributed by atoms with Gasteiger partial charge in [-0.1, -0.05) is 5.21 Å². The first-order valence-electron chi connectivity index (χ1n) is 7.54. The van der Waals surface area contributed by atoms with Crippen LogP contribution in [-0.2, 0) is 4.74 Å². The molecule has 0 saturated carbocycles. The van der Waals surface area contributed by atoms with Gasteiger partial charge in [-0.3, -0.25) is 0 Å². The van der Waals surface area contributed by atoms with Gasteiger partial charge in [-0.25, -0.2) is 23.1 Å². The molecule has 1 amide bonds. The largest absolute Gasteiger partial charge is 0.476 e. The lowest BCUT2D eigenvalue weighted by molar-refractivity contribution is 0.0159. The van der Waals surface area contributed by atoms with Crippen LogP contribution in [-0.4, -0.2) is 55.8 Å². The number of alkyl halides is 2. The highest BCUT2D eigenvalue weighted by Crippen LogP contribution is 2.29. The maximum atomic E-state index is 13.2. The van der Waals surface area contributed by atoms with E-state index in [-0.39, 0.29) is 6.54 Å². The number of hydrogen-bond donors (Lipinski definition) is 1. The van der Waals surface area contributed by atoms with Crippen LogP contribution in [0.1, 0.15) is 62.3 Å². The molecule has 1 aromatic rings. The van der Waals surface area contributed by atoms with Crippen LogP contribution in [0.4, 0.5) is 13.6 Å². The van der Waals surface area contributed by atoms with Gasteiger partial charge >= 0.3 is 12.1 Å². The van der Waals surface area contributed by atoms with Crippen LogP contribution < -0.4 is 0 Å². The summed E-state index contributed by atoms with van der Waals surface area (Å²) in [6.07, 6.45) is -2.51. The van der Waals surface area contributed by atoms with Crippen LogP contribution in [0.5, 0.6) is 0 Å². The average molecular weight is 346 g/mol. The minimum Gasteiger partial charge on any atom is -0.476 e. The third-order valence-electron chi connectivity index (χ3n) is 3.53. The molecule has 1 N–H and O–H groups in total.